The van der Waals surface area contributed by atoms with Gasteiger partial charge in [0.05, 0.1) is 12.0 Å². The van der Waals surface area contributed by atoms with E-state index in [-0.39, 0.29) is 6.42 Å². The van der Waals surface area contributed by atoms with Crippen molar-refractivity contribution >= 4 is 0 Å². The second-order valence-electron chi connectivity index (χ2n) is 6.04. The average molecular weight is 300 g/mol. The molecule has 1 aromatic rings. The summed E-state index contributed by atoms with van der Waals surface area (Å²) in [5.74, 6) is -2.09. The third kappa shape index (κ3) is 4.00. The summed E-state index contributed by atoms with van der Waals surface area (Å²) in [6.07, 6.45) is -1.42. The van der Waals surface area contributed by atoms with Crippen LogP contribution in [-0.4, -0.2) is 11.3 Å². The van der Waals surface area contributed by atoms with E-state index in [0.717, 1.165) is 24.8 Å². The molecule has 0 spiro atoms. The Hall–Kier alpha value is -1.03. The van der Waals surface area contributed by atoms with Gasteiger partial charge >= 0.3 is 6.18 Å². The van der Waals surface area contributed by atoms with Gasteiger partial charge in [0, 0.05) is 5.92 Å². The number of halogens is 3. The van der Waals surface area contributed by atoms with Crippen LogP contribution < -0.4 is 0 Å². The van der Waals surface area contributed by atoms with Crippen LogP contribution >= 0.6 is 0 Å². The van der Waals surface area contributed by atoms with E-state index in [1.807, 2.05) is 18.2 Å². The molecule has 0 amide bonds. The molecule has 1 aliphatic carbocycles. The smallest absolute Gasteiger partial charge is 0.388 e. The molecule has 1 aromatic carbocycles. The Balaban J connectivity index is 2.20. The number of alkyl halides is 3. The first-order valence-electron chi connectivity index (χ1n) is 7.77. The van der Waals surface area contributed by atoms with Gasteiger partial charge in [0.15, 0.2) is 0 Å². The zero-order valence-electron chi connectivity index (χ0n) is 12.4. The first-order valence-corrected chi connectivity index (χ1v) is 7.77. The zero-order chi connectivity index (χ0) is 15.5. The molecule has 3 atom stereocenters. The van der Waals surface area contributed by atoms with Crippen molar-refractivity contribution in [2.75, 3.05) is 0 Å². The molecule has 1 nitrogen and oxygen atoms in total. The van der Waals surface area contributed by atoms with Crippen LogP contribution in [-0.2, 0) is 6.42 Å². The molecule has 3 unspecified atom stereocenters. The van der Waals surface area contributed by atoms with Crippen LogP contribution in [0.3, 0.4) is 0 Å². The predicted molar refractivity (Wildman–Crippen MR) is 76.9 cm³/mol. The summed E-state index contributed by atoms with van der Waals surface area (Å²) >= 11 is 0. The fourth-order valence-electron chi connectivity index (χ4n) is 3.41. The first-order chi connectivity index (χ1) is 9.93. The summed E-state index contributed by atoms with van der Waals surface area (Å²) in [7, 11) is 0. The maximum Gasteiger partial charge on any atom is 0.392 e. The molecular weight excluding hydrogens is 277 g/mol. The molecular formula is C17H23F3O. The highest BCUT2D eigenvalue weighted by Gasteiger charge is 2.47. The van der Waals surface area contributed by atoms with E-state index < -0.39 is 24.1 Å². The Bertz CT molecular complexity index is 456. The topological polar surface area (TPSA) is 20.2 Å². The van der Waals surface area contributed by atoms with Crippen LogP contribution in [0.1, 0.15) is 56.3 Å². The van der Waals surface area contributed by atoms with Gasteiger partial charge in [-0.1, -0.05) is 50.5 Å². The van der Waals surface area contributed by atoms with Gasteiger partial charge in [-0.05, 0) is 30.4 Å². The lowest BCUT2D eigenvalue weighted by atomic mass is 9.74. The lowest BCUT2D eigenvalue weighted by Gasteiger charge is -2.36. The standard InChI is InChI=1S/C17H23F3O/c1-2-6-12-7-5-8-13(11-12)16(21)14-9-3-4-10-15(14)17(18,19)20/h5,7-8,11,14-16,21H,2-4,6,9-10H2,1H3. The number of aliphatic hydroxyl groups is 1. The number of rotatable bonds is 4. The van der Waals surface area contributed by atoms with Crippen LogP contribution in [0.2, 0.25) is 0 Å². The number of aryl methyl sites for hydroxylation is 1. The highest BCUT2D eigenvalue weighted by atomic mass is 19.4. The Labute approximate surface area is 124 Å². The van der Waals surface area contributed by atoms with Gasteiger partial charge in [-0.3, -0.25) is 0 Å². The molecule has 0 aliphatic heterocycles. The minimum Gasteiger partial charge on any atom is -0.388 e. The molecule has 1 N–H and O–H groups in total. The summed E-state index contributed by atoms with van der Waals surface area (Å²) in [5, 5.41) is 10.5. The van der Waals surface area contributed by atoms with Crippen LogP contribution in [0.4, 0.5) is 13.2 Å². The van der Waals surface area contributed by atoms with E-state index in [1.165, 1.54) is 0 Å². The molecule has 0 saturated heterocycles. The molecule has 1 fully saturated rings. The maximum absolute atomic E-state index is 13.2. The summed E-state index contributed by atoms with van der Waals surface area (Å²) in [4.78, 5) is 0. The van der Waals surface area contributed by atoms with E-state index in [9.17, 15) is 18.3 Å². The fraction of sp³-hybridized carbons (Fsp3) is 0.647. The Kier molecular flexibility index (Phi) is 5.31. The Morgan fingerprint density at radius 3 is 2.62 bits per heavy atom. The molecule has 4 heteroatoms. The molecule has 21 heavy (non-hydrogen) atoms. The summed E-state index contributed by atoms with van der Waals surface area (Å²) < 4.78 is 39.5. The van der Waals surface area contributed by atoms with Gasteiger partial charge < -0.3 is 5.11 Å². The van der Waals surface area contributed by atoms with Crippen molar-refractivity contribution in [3.63, 3.8) is 0 Å². The quantitative estimate of drug-likeness (QED) is 0.825. The summed E-state index contributed by atoms with van der Waals surface area (Å²) in [5.41, 5.74) is 1.70. The Morgan fingerprint density at radius 2 is 1.95 bits per heavy atom. The molecule has 0 radical (unpaired) electrons. The second kappa shape index (κ2) is 6.82. The van der Waals surface area contributed by atoms with Crippen molar-refractivity contribution in [2.24, 2.45) is 11.8 Å². The normalized spacial score (nSPS) is 24.8. The van der Waals surface area contributed by atoms with Crippen LogP contribution in [0, 0.1) is 11.8 Å². The van der Waals surface area contributed by atoms with E-state index in [4.69, 9.17) is 0 Å². The SMILES string of the molecule is CCCc1cccc(C(O)C2CCCCC2C(F)(F)F)c1. The van der Waals surface area contributed by atoms with E-state index in [1.54, 1.807) is 6.07 Å². The monoisotopic (exact) mass is 300 g/mol. The third-order valence-corrected chi connectivity index (χ3v) is 4.48. The summed E-state index contributed by atoms with van der Waals surface area (Å²) in [6.45, 7) is 2.06. The third-order valence-electron chi connectivity index (χ3n) is 4.48. The number of hydrogen-bond donors (Lipinski definition) is 1. The van der Waals surface area contributed by atoms with Crippen molar-refractivity contribution in [1.82, 2.24) is 0 Å². The molecule has 0 heterocycles. The van der Waals surface area contributed by atoms with Gasteiger partial charge in [0.25, 0.3) is 0 Å². The molecule has 1 saturated carbocycles. The highest BCUT2D eigenvalue weighted by molar-refractivity contribution is 5.26. The largest absolute Gasteiger partial charge is 0.392 e. The Morgan fingerprint density at radius 1 is 1.24 bits per heavy atom. The molecule has 1 aliphatic rings. The van der Waals surface area contributed by atoms with E-state index >= 15 is 0 Å². The van der Waals surface area contributed by atoms with E-state index in [2.05, 4.69) is 6.92 Å². The zero-order valence-corrected chi connectivity index (χ0v) is 12.4. The van der Waals surface area contributed by atoms with Crippen molar-refractivity contribution in [2.45, 2.75) is 57.7 Å². The van der Waals surface area contributed by atoms with Crippen molar-refractivity contribution < 1.29 is 18.3 Å². The number of aliphatic hydroxyl groups excluding tert-OH is 1. The van der Waals surface area contributed by atoms with Crippen molar-refractivity contribution in [3.8, 4) is 0 Å². The minimum absolute atomic E-state index is 0.139. The van der Waals surface area contributed by atoms with Crippen molar-refractivity contribution in [3.05, 3.63) is 35.4 Å². The molecule has 0 bridgehead atoms. The molecule has 0 aromatic heterocycles. The lowest BCUT2D eigenvalue weighted by Crippen LogP contribution is -2.36. The lowest BCUT2D eigenvalue weighted by molar-refractivity contribution is -0.207. The van der Waals surface area contributed by atoms with Gasteiger partial charge in [0.2, 0.25) is 0 Å². The highest BCUT2D eigenvalue weighted by Crippen LogP contribution is 2.46. The predicted octanol–water partition coefficient (Wildman–Crippen LogP) is 5.04. The van der Waals surface area contributed by atoms with Crippen LogP contribution in [0.25, 0.3) is 0 Å². The van der Waals surface area contributed by atoms with Gasteiger partial charge in [-0.2, -0.15) is 13.2 Å². The van der Waals surface area contributed by atoms with Gasteiger partial charge in [-0.25, -0.2) is 0 Å². The second-order valence-corrected chi connectivity index (χ2v) is 6.04. The average Bonchev–Trinajstić information content (AvgIpc) is 2.46. The first kappa shape index (κ1) is 16.3. The van der Waals surface area contributed by atoms with Crippen LogP contribution in [0.5, 0.6) is 0 Å². The molecule has 2 rings (SSSR count). The summed E-state index contributed by atoms with van der Waals surface area (Å²) in [6, 6.07) is 7.39. The van der Waals surface area contributed by atoms with E-state index in [0.29, 0.717) is 18.4 Å². The number of hydrogen-bond acceptors (Lipinski definition) is 1. The minimum atomic E-state index is -4.22. The maximum atomic E-state index is 13.2. The van der Waals surface area contributed by atoms with Crippen LogP contribution in [0.15, 0.2) is 24.3 Å². The van der Waals surface area contributed by atoms with Gasteiger partial charge in [0.1, 0.15) is 0 Å². The van der Waals surface area contributed by atoms with Gasteiger partial charge in [-0.15, -0.1) is 0 Å². The van der Waals surface area contributed by atoms with Crippen molar-refractivity contribution in [1.29, 1.82) is 0 Å². The fourth-order valence-corrected chi connectivity index (χ4v) is 3.41. The number of benzene rings is 1. The molecule has 118 valence electrons.